The Morgan fingerprint density at radius 2 is 2.21 bits per heavy atom. The number of hydrogen-bond donors (Lipinski definition) is 1. The Morgan fingerprint density at radius 1 is 1.42 bits per heavy atom. The van der Waals surface area contributed by atoms with E-state index in [4.69, 9.17) is 0 Å². The largest absolute Gasteiger partial charge is 0.385 e. The monoisotopic (exact) mass is 388 g/mol. The standard InChI is InChI=1S/C14H17IN2OS/c1-2-17(9-11-5-3-4-6-12(11)15)10-13(18)14-16-7-8-19-14/h3-8,13,18H,2,9-10H2,1H3. The Bertz CT molecular complexity index is 504. The van der Waals surface area contributed by atoms with E-state index in [9.17, 15) is 5.11 Å². The van der Waals surface area contributed by atoms with Crippen LogP contribution in [0.2, 0.25) is 0 Å². The molecule has 0 aliphatic carbocycles. The fraction of sp³-hybridized carbons (Fsp3) is 0.357. The maximum atomic E-state index is 10.2. The molecule has 3 nitrogen and oxygen atoms in total. The molecule has 19 heavy (non-hydrogen) atoms. The molecule has 0 saturated carbocycles. The van der Waals surface area contributed by atoms with Gasteiger partial charge in [-0.3, -0.25) is 4.90 Å². The van der Waals surface area contributed by atoms with Crippen LogP contribution in [0.5, 0.6) is 0 Å². The van der Waals surface area contributed by atoms with Crippen molar-refractivity contribution in [3.63, 3.8) is 0 Å². The zero-order valence-electron chi connectivity index (χ0n) is 10.8. The van der Waals surface area contributed by atoms with Crippen LogP contribution in [0.3, 0.4) is 0 Å². The SMILES string of the molecule is CCN(Cc1ccccc1I)CC(O)c1nccs1. The zero-order valence-corrected chi connectivity index (χ0v) is 13.8. The highest BCUT2D eigenvalue weighted by molar-refractivity contribution is 14.1. The van der Waals surface area contributed by atoms with E-state index in [2.05, 4.69) is 57.6 Å². The average Bonchev–Trinajstić information content (AvgIpc) is 2.94. The van der Waals surface area contributed by atoms with Gasteiger partial charge in [0.1, 0.15) is 11.1 Å². The first kappa shape index (κ1) is 14.9. The fourth-order valence-corrected chi connectivity index (χ4v) is 3.07. The van der Waals surface area contributed by atoms with E-state index >= 15 is 0 Å². The lowest BCUT2D eigenvalue weighted by atomic mass is 10.2. The van der Waals surface area contributed by atoms with Crippen LogP contribution in [0.15, 0.2) is 35.8 Å². The maximum absolute atomic E-state index is 10.2. The third-order valence-corrected chi connectivity index (χ3v) is 4.90. The Kier molecular flexibility index (Phi) is 5.75. The van der Waals surface area contributed by atoms with Crippen LogP contribution in [0.1, 0.15) is 23.6 Å². The summed E-state index contributed by atoms with van der Waals surface area (Å²) in [7, 11) is 0. The Balaban J connectivity index is 1.99. The van der Waals surface area contributed by atoms with Crippen molar-refractivity contribution in [2.75, 3.05) is 13.1 Å². The fourth-order valence-electron chi connectivity index (χ4n) is 1.89. The molecule has 0 spiro atoms. The van der Waals surface area contributed by atoms with Gasteiger partial charge in [-0.05, 0) is 40.8 Å². The summed E-state index contributed by atoms with van der Waals surface area (Å²) in [5.74, 6) is 0. The molecule has 0 aliphatic rings. The second-order valence-electron chi connectivity index (χ2n) is 4.31. The minimum atomic E-state index is -0.499. The molecule has 1 aromatic carbocycles. The predicted molar refractivity (Wildman–Crippen MR) is 87.2 cm³/mol. The van der Waals surface area contributed by atoms with Crippen molar-refractivity contribution < 1.29 is 5.11 Å². The lowest BCUT2D eigenvalue weighted by Crippen LogP contribution is -2.28. The van der Waals surface area contributed by atoms with E-state index in [1.54, 1.807) is 6.20 Å². The smallest absolute Gasteiger partial charge is 0.122 e. The first-order valence-electron chi connectivity index (χ1n) is 6.24. The molecule has 1 unspecified atom stereocenters. The summed E-state index contributed by atoms with van der Waals surface area (Å²) < 4.78 is 1.27. The molecule has 5 heteroatoms. The number of aromatic nitrogens is 1. The van der Waals surface area contributed by atoms with E-state index in [-0.39, 0.29) is 0 Å². The van der Waals surface area contributed by atoms with Gasteiger partial charge in [-0.1, -0.05) is 25.1 Å². The van der Waals surface area contributed by atoms with Crippen molar-refractivity contribution in [3.05, 3.63) is 50.0 Å². The van der Waals surface area contributed by atoms with E-state index < -0.39 is 6.10 Å². The van der Waals surface area contributed by atoms with Gasteiger partial charge in [0.05, 0.1) is 0 Å². The molecular formula is C14H17IN2OS. The summed E-state index contributed by atoms with van der Waals surface area (Å²) in [5, 5.41) is 12.9. The molecule has 1 atom stereocenters. The third-order valence-electron chi connectivity index (χ3n) is 2.97. The van der Waals surface area contributed by atoms with Gasteiger partial charge >= 0.3 is 0 Å². The van der Waals surface area contributed by atoms with Gasteiger partial charge in [0.15, 0.2) is 0 Å². The van der Waals surface area contributed by atoms with Crippen molar-refractivity contribution in [3.8, 4) is 0 Å². The van der Waals surface area contributed by atoms with Gasteiger partial charge in [-0.25, -0.2) is 4.98 Å². The summed E-state index contributed by atoms with van der Waals surface area (Å²) >= 11 is 3.86. The van der Waals surface area contributed by atoms with Crippen LogP contribution in [-0.4, -0.2) is 28.1 Å². The highest BCUT2D eigenvalue weighted by Crippen LogP contribution is 2.19. The Labute approximate surface area is 131 Å². The van der Waals surface area contributed by atoms with Crippen LogP contribution in [0.4, 0.5) is 0 Å². The number of aliphatic hydroxyl groups is 1. The number of nitrogens with zero attached hydrogens (tertiary/aromatic N) is 2. The van der Waals surface area contributed by atoms with Crippen LogP contribution in [-0.2, 0) is 6.54 Å². The van der Waals surface area contributed by atoms with Crippen LogP contribution in [0.25, 0.3) is 0 Å². The minimum Gasteiger partial charge on any atom is -0.385 e. The maximum Gasteiger partial charge on any atom is 0.122 e. The topological polar surface area (TPSA) is 36.4 Å². The summed E-state index contributed by atoms with van der Waals surface area (Å²) in [5.41, 5.74) is 1.30. The second kappa shape index (κ2) is 7.33. The lowest BCUT2D eigenvalue weighted by Gasteiger charge is -2.23. The van der Waals surface area contributed by atoms with Gasteiger partial charge < -0.3 is 5.11 Å². The highest BCUT2D eigenvalue weighted by atomic mass is 127. The van der Waals surface area contributed by atoms with Crippen LogP contribution in [0, 0.1) is 3.57 Å². The first-order chi connectivity index (χ1) is 9.20. The average molecular weight is 388 g/mol. The Morgan fingerprint density at radius 3 is 2.84 bits per heavy atom. The molecule has 1 N–H and O–H groups in total. The number of thiazole rings is 1. The number of halogens is 1. The summed E-state index contributed by atoms with van der Waals surface area (Å²) in [6, 6.07) is 8.36. The van der Waals surface area contributed by atoms with Crippen molar-refractivity contribution in [2.45, 2.75) is 19.6 Å². The number of likely N-dealkylation sites (N-methyl/N-ethyl adjacent to an activating group) is 1. The van der Waals surface area contributed by atoms with Gasteiger partial charge in [0, 0.05) is 28.2 Å². The second-order valence-corrected chi connectivity index (χ2v) is 6.39. The van der Waals surface area contributed by atoms with Gasteiger partial charge in [-0.2, -0.15) is 0 Å². The van der Waals surface area contributed by atoms with E-state index in [0.29, 0.717) is 6.54 Å². The van der Waals surface area contributed by atoms with Gasteiger partial charge in [0.25, 0.3) is 0 Å². The number of hydrogen-bond acceptors (Lipinski definition) is 4. The Hall–Kier alpha value is -0.500. The molecule has 2 rings (SSSR count). The molecular weight excluding hydrogens is 371 g/mol. The van der Waals surface area contributed by atoms with Crippen LogP contribution >= 0.6 is 33.9 Å². The van der Waals surface area contributed by atoms with Gasteiger partial charge in [-0.15, -0.1) is 11.3 Å². The number of aliphatic hydroxyl groups excluding tert-OH is 1. The summed E-state index contributed by atoms with van der Waals surface area (Å²) in [6.45, 7) is 4.50. The van der Waals surface area contributed by atoms with Crippen molar-refractivity contribution >= 4 is 33.9 Å². The molecule has 0 radical (unpaired) electrons. The normalized spacial score (nSPS) is 12.8. The summed E-state index contributed by atoms with van der Waals surface area (Å²) in [4.78, 5) is 6.41. The molecule has 1 aromatic heterocycles. The summed E-state index contributed by atoms with van der Waals surface area (Å²) in [6.07, 6.45) is 1.24. The number of benzene rings is 1. The predicted octanol–water partition coefficient (Wildman–Crippen LogP) is 3.30. The highest BCUT2D eigenvalue weighted by Gasteiger charge is 2.15. The zero-order chi connectivity index (χ0) is 13.7. The molecule has 0 aliphatic heterocycles. The van der Waals surface area contributed by atoms with Crippen LogP contribution < -0.4 is 0 Å². The van der Waals surface area contributed by atoms with Crippen molar-refractivity contribution in [2.24, 2.45) is 0 Å². The molecule has 1 heterocycles. The molecule has 2 aromatic rings. The van der Waals surface area contributed by atoms with E-state index in [1.165, 1.54) is 20.5 Å². The van der Waals surface area contributed by atoms with E-state index in [1.807, 2.05) is 11.4 Å². The van der Waals surface area contributed by atoms with E-state index in [0.717, 1.165) is 18.1 Å². The molecule has 0 bridgehead atoms. The quantitative estimate of drug-likeness (QED) is 0.772. The third kappa shape index (κ3) is 4.24. The molecule has 102 valence electrons. The number of rotatable bonds is 6. The molecule has 0 amide bonds. The first-order valence-corrected chi connectivity index (χ1v) is 8.19. The lowest BCUT2D eigenvalue weighted by molar-refractivity contribution is 0.112. The molecule has 0 saturated heterocycles. The van der Waals surface area contributed by atoms with Crippen molar-refractivity contribution in [1.29, 1.82) is 0 Å². The molecule has 0 fully saturated rings. The van der Waals surface area contributed by atoms with Gasteiger partial charge in [0.2, 0.25) is 0 Å². The minimum absolute atomic E-state index is 0.499. The van der Waals surface area contributed by atoms with Crippen molar-refractivity contribution in [1.82, 2.24) is 9.88 Å².